The van der Waals surface area contributed by atoms with Gasteiger partial charge in [0.25, 0.3) is 5.91 Å². The summed E-state index contributed by atoms with van der Waals surface area (Å²) in [6.45, 7) is 1.77. The van der Waals surface area contributed by atoms with Crippen LogP contribution in [0.1, 0.15) is 12.5 Å². The molecule has 110 valence electrons. The summed E-state index contributed by atoms with van der Waals surface area (Å²) in [5, 5.41) is 0. The maximum atomic E-state index is 13.4. The van der Waals surface area contributed by atoms with Crippen molar-refractivity contribution in [2.24, 2.45) is 0 Å². The van der Waals surface area contributed by atoms with Gasteiger partial charge in [0, 0.05) is 0 Å². The first-order valence-corrected chi connectivity index (χ1v) is 6.53. The fourth-order valence-corrected chi connectivity index (χ4v) is 1.63. The Kier molecular flexibility index (Phi) is 5.29. The number of ether oxygens (including phenoxy) is 1. The molecule has 5 heteroatoms. The molecule has 0 aliphatic carbocycles. The first-order valence-electron chi connectivity index (χ1n) is 6.53. The standard InChI is InChI=1S/C16H16FNO3/c1-12(21-15-10-6-5-9-14(15)17)16(19)18-20-11-13-7-3-2-4-8-13/h2-10,12H,11H2,1H3,(H,18,19). The van der Waals surface area contributed by atoms with E-state index in [0.29, 0.717) is 0 Å². The molecule has 0 aromatic heterocycles. The van der Waals surface area contributed by atoms with Gasteiger partial charge in [-0.05, 0) is 24.6 Å². The van der Waals surface area contributed by atoms with E-state index in [0.717, 1.165) is 5.56 Å². The molecule has 2 aromatic carbocycles. The van der Waals surface area contributed by atoms with Crippen LogP contribution in [0.3, 0.4) is 0 Å². The number of nitrogens with one attached hydrogen (secondary N) is 1. The molecule has 0 fully saturated rings. The zero-order valence-electron chi connectivity index (χ0n) is 11.6. The molecule has 1 atom stereocenters. The third-order valence-electron chi connectivity index (χ3n) is 2.76. The number of rotatable bonds is 6. The Labute approximate surface area is 122 Å². The summed E-state index contributed by atoms with van der Waals surface area (Å²) in [5.74, 6) is -0.959. The van der Waals surface area contributed by atoms with Crippen LogP contribution in [0.25, 0.3) is 0 Å². The van der Waals surface area contributed by atoms with Crippen LogP contribution >= 0.6 is 0 Å². The van der Waals surface area contributed by atoms with Gasteiger partial charge in [0.2, 0.25) is 0 Å². The molecule has 0 aliphatic heterocycles. The Balaban J connectivity index is 1.79. The van der Waals surface area contributed by atoms with Crippen LogP contribution in [-0.2, 0) is 16.2 Å². The summed E-state index contributed by atoms with van der Waals surface area (Å²) in [4.78, 5) is 16.9. The molecule has 2 aromatic rings. The van der Waals surface area contributed by atoms with Crippen molar-refractivity contribution in [3.63, 3.8) is 0 Å². The quantitative estimate of drug-likeness (QED) is 0.832. The number of carbonyl (C=O) groups is 1. The minimum absolute atomic E-state index is 0.0307. The van der Waals surface area contributed by atoms with Crippen molar-refractivity contribution < 1.29 is 18.8 Å². The summed E-state index contributed by atoms with van der Waals surface area (Å²) in [5.41, 5.74) is 3.22. The number of hydrogen-bond donors (Lipinski definition) is 1. The second-order valence-electron chi connectivity index (χ2n) is 4.43. The van der Waals surface area contributed by atoms with E-state index in [1.165, 1.54) is 19.1 Å². The molecule has 1 unspecified atom stereocenters. The molecule has 0 radical (unpaired) electrons. The van der Waals surface area contributed by atoms with Gasteiger partial charge in [0.1, 0.15) is 0 Å². The molecular formula is C16H16FNO3. The van der Waals surface area contributed by atoms with Crippen molar-refractivity contribution in [1.29, 1.82) is 0 Å². The third-order valence-corrected chi connectivity index (χ3v) is 2.76. The summed E-state index contributed by atoms with van der Waals surface area (Å²) >= 11 is 0. The van der Waals surface area contributed by atoms with E-state index in [4.69, 9.17) is 9.57 Å². The zero-order valence-corrected chi connectivity index (χ0v) is 11.6. The summed E-state index contributed by atoms with van der Waals surface area (Å²) in [6.07, 6.45) is -0.863. The number of carbonyl (C=O) groups excluding carboxylic acids is 1. The van der Waals surface area contributed by atoms with Crippen LogP contribution in [0.4, 0.5) is 4.39 Å². The number of amides is 1. The Bertz CT molecular complexity index is 589. The van der Waals surface area contributed by atoms with E-state index >= 15 is 0 Å². The highest BCUT2D eigenvalue weighted by Gasteiger charge is 2.16. The molecule has 4 nitrogen and oxygen atoms in total. The largest absolute Gasteiger partial charge is 0.478 e. The van der Waals surface area contributed by atoms with Crippen molar-refractivity contribution in [2.75, 3.05) is 0 Å². The normalized spacial score (nSPS) is 11.7. The van der Waals surface area contributed by atoms with E-state index in [-0.39, 0.29) is 12.4 Å². The van der Waals surface area contributed by atoms with Gasteiger partial charge in [0.05, 0.1) is 6.61 Å². The van der Waals surface area contributed by atoms with Gasteiger partial charge in [-0.15, -0.1) is 0 Å². The number of para-hydroxylation sites is 1. The van der Waals surface area contributed by atoms with Crippen LogP contribution in [0, 0.1) is 5.82 Å². The Morgan fingerprint density at radius 2 is 1.81 bits per heavy atom. The summed E-state index contributed by atoms with van der Waals surface area (Å²) in [6, 6.07) is 15.3. The van der Waals surface area contributed by atoms with Crippen LogP contribution in [0.15, 0.2) is 54.6 Å². The predicted molar refractivity (Wildman–Crippen MR) is 75.9 cm³/mol. The van der Waals surface area contributed by atoms with E-state index in [2.05, 4.69) is 5.48 Å². The lowest BCUT2D eigenvalue weighted by atomic mass is 10.2. The van der Waals surface area contributed by atoms with Gasteiger partial charge in [-0.25, -0.2) is 9.87 Å². The maximum absolute atomic E-state index is 13.4. The van der Waals surface area contributed by atoms with Crippen LogP contribution in [0.5, 0.6) is 5.75 Å². The molecule has 1 N–H and O–H groups in total. The fourth-order valence-electron chi connectivity index (χ4n) is 1.63. The fraction of sp³-hybridized carbons (Fsp3) is 0.188. The average Bonchev–Trinajstić information content (AvgIpc) is 2.50. The Morgan fingerprint density at radius 1 is 1.14 bits per heavy atom. The monoisotopic (exact) mass is 289 g/mol. The summed E-state index contributed by atoms with van der Waals surface area (Å²) < 4.78 is 18.6. The first-order chi connectivity index (χ1) is 10.2. The molecule has 1 amide bonds. The average molecular weight is 289 g/mol. The smallest absolute Gasteiger partial charge is 0.284 e. The molecule has 0 saturated heterocycles. The topological polar surface area (TPSA) is 47.6 Å². The number of halogens is 1. The van der Waals surface area contributed by atoms with Gasteiger partial charge in [-0.3, -0.25) is 9.63 Å². The summed E-state index contributed by atoms with van der Waals surface area (Å²) in [7, 11) is 0. The second kappa shape index (κ2) is 7.40. The van der Waals surface area contributed by atoms with E-state index < -0.39 is 17.8 Å². The Hall–Kier alpha value is -2.40. The van der Waals surface area contributed by atoms with Crippen molar-refractivity contribution in [2.45, 2.75) is 19.6 Å². The molecule has 0 heterocycles. The number of hydrogen-bond acceptors (Lipinski definition) is 3. The van der Waals surface area contributed by atoms with Crippen LogP contribution < -0.4 is 10.2 Å². The molecule has 2 rings (SSSR count). The van der Waals surface area contributed by atoms with Crippen molar-refractivity contribution in [1.82, 2.24) is 5.48 Å². The molecule has 0 bridgehead atoms. The molecule has 0 saturated carbocycles. The number of benzene rings is 2. The van der Waals surface area contributed by atoms with Crippen LogP contribution in [-0.4, -0.2) is 12.0 Å². The number of hydroxylamine groups is 1. The molecule has 0 spiro atoms. The van der Waals surface area contributed by atoms with E-state index in [9.17, 15) is 9.18 Å². The van der Waals surface area contributed by atoms with Gasteiger partial charge in [0.15, 0.2) is 17.7 Å². The van der Waals surface area contributed by atoms with Gasteiger partial charge < -0.3 is 4.74 Å². The van der Waals surface area contributed by atoms with Crippen molar-refractivity contribution >= 4 is 5.91 Å². The van der Waals surface area contributed by atoms with Gasteiger partial charge >= 0.3 is 0 Å². The third kappa shape index (κ3) is 4.57. The minimum atomic E-state index is -0.863. The Morgan fingerprint density at radius 3 is 2.52 bits per heavy atom. The molecular weight excluding hydrogens is 273 g/mol. The highest BCUT2D eigenvalue weighted by molar-refractivity contribution is 5.79. The lowest BCUT2D eigenvalue weighted by Crippen LogP contribution is -2.36. The zero-order chi connectivity index (χ0) is 15.1. The van der Waals surface area contributed by atoms with Gasteiger partial charge in [-0.1, -0.05) is 42.5 Å². The van der Waals surface area contributed by atoms with Crippen molar-refractivity contribution in [3.05, 3.63) is 66.0 Å². The van der Waals surface area contributed by atoms with Crippen molar-refractivity contribution in [3.8, 4) is 5.75 Å². The molecule has 0 aliphatic rings. The highest BCUT2D eigenvalue weighted by Crippen LogP contribution is 2.16. The second-order valence-corrected chi connectivity index (χ2v) is 4.43. The van der Waals surface area contributed by atoms with Crippen LogP contribution in [0.2, 0.25) is 0 Å². The lowest BCUT2D eigenvalue weighted by molar-refractivity contribution is -0.141. The SMILES string of the molecule is CC(Oc1ccccc1F)C(=O)NOCc1ccccc1. The van der Waals surface area contributed by atoms with Gasteiger partial charge in [-0.2, -0.15) is 0 Å². The minimum Gasteiger partial charge on any atom is -0.478 e. The lowest BCUT2D eigenvalue weighted by Gasteiger charge is -2.14. The molecule has 21 heavy (non-hydrogen) atoms. The van der Waals surface area contributed by atoms with E-state index in [1.54, 1.807) is 12.1 Å². The predicted octanol–water partition coefficient (Wildman–Crippen LogP) is 2.84. The van der Waals surface area contributed by atoms with E-state index in [1.807, 2.05) is 30.3 Å². The first kappa shape index (κ1) is 15.0. The highest BCUT2D eigenvalue weighted by atomic mass is 19.1. The maximum Gasteiger partial charge on any atom is 0.284 e.